The normalized spacial score (nSPS) is 11.6. The van der Waals surface area contributed by atoms with Gasteiger partial charge in [0, 0.05) is 0 Å². The second-order valence-electron chi connectivity index (χ2n) is 9.83. The Kier molecular flexibility index (Phi) is 16.3. The Hall–Kier alpha value is -1.35. The zero-order valence-corrected chi connectivity index (χ0v) is 20.9. The number of carbonyl (C=O) groups excluding carboxylic acids is 1. The Labute approximate surface area is 193 Å². The number of nitrogens with zero attached hydrogens (tertiary/aromatic N) is 1. The van der Waals surface area contributed by atoms with Gasteiger partial charge in [-0.15, -0.1) is 0 Å². The second kappa shape index (κ2) is 18.2. The molecule has 0 amide bonds. The third-order valence-electron chi connectivity index (χ3n) is 6.31. The molecule has 0 bridgehead atoms. The first-order valence-corrected chi connectivity index (χ1v) is 13.1. The smallest absolute Gasteiger partial charge is 0.338 e. The van der Waals surface area contributed by atoms with Crippen LogP contribution in [0, 0.1) is 0 Å². The van der Waals surface area contributed by atoms with Crippen molar-refractivity contribution in [3.05, 3.63) is 35.9 Å². The fourth-order valence-corrected chi connectivity index (χ4v) is 4.07. The van der Waals surface area contributed by atoms with Gasteiger partial charge in [-0.2, -0.15) is 0 Å². The molecular formula is C28H50NO2+. The Balaban J connectivity index is 1.89. The molecule has 0 N–H and O–H groups in total. The van der Waals surface area contributed by atoms with E-state index in [1.807, 2.05) is 18.2 Å². The summed E-state index contributed by atoms with van der Waals surface area (Å²) in [6.45, 7) is 4.80. The Morgan fingerprint density at radius 1 is 0.677 bits per heavy atom. The third-order valence-corrected chi connectivity index (χ3v) is 6.31. The van der Waals surface area contributed by atoms with Crippen LogP contribution in [0.4, 0.5) is 0 Å². The minimum absolute atomic E-state index is 0.215. The first-order chi connectivity index (χ1) is 15.0. The van der Waals surface area contributed by atoms with Crippen molar-refractivity contribution in [2.75, 3.05) is 33.8 Å². The van der Waals surface area contributed by atoms with Crippen LogP contribution in [0.5, 0.6) is 0 Å². The number of ether oxygens (including phenoxy) is 1. The maximum Gasteiger partial charge on any atom is 0.338 e. The Bertz CT molecular complexity index is 541. The van der Waals surface area contributed by atoms with Crippen molar-refractivity contribution in [2.45, 2.75) is 103 Å². The summed E-state index contributed by atoms with van der Waals surface area (Å²) in [6, 6.07) is 9.25. The Morgan fingerprint density at radius 3 is 1.61 bits per heavy atom. The number of likely N-dealkylation sites (N-methyl/N-ethyl adjacent to an activating group) is 1. The van der Waals surface area contributed by atoms with Crippen LogP contribution >= 0.6 is 0 Å². The predicted octanol–water partition coefficient (Wildman–Crippen LogP) is 7.79. The highest BCUT2D eigenvalue weighted by Crippen LogP contribution is 2.14. The lowest BCUT2D eigenvalue weighted by Crippen LogP contribution is -2.43. The fourth-order valence-electron chi connectivity index (χ4n) is 4.07. The van der Waals surface area contributed by atoms with Crippen LogP contribution in [-0.2, 0) is 4.74 Å². The van der Waals surface area contributed by atoms with Gasteiger partial charge in [-0.25, -0.2) is 4.79 Å². The highest BCUT2D eigenvalue weighted by molar-refractivity contribution is 5.89. The van der Waals surface area contributed by atoms with Crippen LogP contribution in [0.3, 0.4) is 0 Å². The predicted molar refractivity (Wildman–Crippen MR) is 133 cm³/mol. The monoisotopic (exact) mass is 432 g/mol. The molecule has 1 aromatic rings. The molecule has 0 aliphatic carbocycles. The molecule has 3 nitrogen and oxygen atoms in total. The molecule has 0 radical (unpaired) electrons. The van der Waals surface area contributed by atoms with Crippen molar-refractivity contribution in [1.29, 1.82) is 0 Å². The van der Waals surface area contributed by atoms with Gasteiger partial charge in [0.15, 0.2) is 0 Å². The summed E-state index contributed by atoms with van der Waals surface area (Å²) < 4.78 is 6.36. The fraction of sp³-hybridized carbons (Fsp3) is 0.750. The van der Waals surface area contributed by atoms with Crippen LogP contribution in [-0.4, -0.2) is 44.2 Å². The SMILES string of the molecule is CCCCCCCCCCCCCCCCC[N+](C)(C)CCOC(=O)c1ccccc1. The van der Waals surface area contributed by atoms with E-state index < -0.39 is 0 Å². The molecule has 0 fully saturated rings. The average Bonchev–Trinajstić information content (AvgIpc) is 2.76. The number of unbranched alkanes of at least 4 members (excludes halogenated alkanes) is 14. The molecule has 0 aliphatic heterocycles. The van der Waals surface area contributed by atoms with Crippen LogP contribution in [0.1, 0.15) is 114 Å². The van der Waals surface area contributed by atoms with E-state index in [2.05, 4.69) is 21.0 Å². The number of carbonyl (C=O) groups is 1. The van der Waals surface area contributed by atoms with Gasteiger partial charge >= 0.3 is 5.97 Å². The number of rotatable bonds is 20. The topological polar surface area (TPSA) is 26.3 Å². The van der Waals surface area contributed by atoms with E-state index in [0.29, 0.717) is 12.2 Å². The molecule has 0 atom stereocenters. The molecule has 3 heteroatoms. The summed E-state index contributed by atoms with van der Waals surface area (Å²) in [6.07, 6.45) is 21.0. The molecule has 0 saturated carbocycles. The van der Waals surface area contributed by atoms with Crippen LogP contribution in [0.2, 0.25) is 0 Å². The number of esters is 1. The number of benzene rings is 1. The zero-order valence-electron chi connectivity index (χ0n) is 20.9. The molecule has 0 aromatic heterocycles. The summed E-state index contributed by atoms with van der Waals surface area (Å²) in [5.74, 6) is -0.215. The second-order valence-corrected chi connectivity index (χ2v) is 9.83. The highest BCUT2D eigenvalue weighted by Gasteiger charge is 2.16. The lowest BCUT2D eigenvalue weighted by atomic mass is 10.0. The molecule has 0 spiro atoms. The average molecular weight is 433 g/mol. The number of hydrogen-bond donors (Lipinski definition) is 0. The lowest BCUT2D eigenvalue weighted by Gasteiger charge is -2.29. The van der Waals surface area contributed by atoms with E-state index in [-0.39, 0.29) is 5.97 Å². The minimum Gasteiger partial charge on any atom is -0.456 e. The Morgan fingerprint density at radius 2 is 1.13 bits per heavy atom. The summed E-state index contributed by atoms with van der Waals surface area (Å²) in [4.78, 5) is 12.0. The minimum atomic E-state index is -0.215. The largest absolute Gasteiger partial charge is 0.456 e. The van der Waals surface area contributed by atoms with E-state index in [4.69, 9.17) is 4.74 Å². The van der Waals surface area contributed by atoms with Gasteiger partial charge in [0.25, 0.3) is 0 Å². The molecule has 1 aromatic carbocycles. The zero-order chi connectivity index (χ0) is 22.6. The summed E-state index contributed by atoms with van der Waals surface area (Å²) in [7, 11) is 4.47. The van der Waals surface area contributed by atoms with Crippen molar-refractivity contribution in [3.8, 4) is 0 Å². The van der Waals surface area contributed by atoms with Gasteiger partial charge < -0.3 is 9.22 Å². The third kappa shape index (κ3) is 16.0. The van der Waals surface area contributed by atoms with E-state index in [1.165, 1.54) is 96.3 Å². The molecule has 0 saturated heterocycles. The summed E-state index contributed by atoms with van der Waals surface area (Å²) >= 11 is 0. The lowest BCUT2D eigenvalue weighted by molar-refractivity contribution is -0.890. The van der Waals surface area contributed by atoms with Crippen molar-refractivity contribution < 1.29 is 14.0 Å². The molecule has 0 aliphatic rings. The standard InChI is InChI=1S/C28H50NO2/c1-4-5-6-7-8-9-10-11-12-13-14-15-16-17-21-24-29(2,3)25-26-31-28(30)27-22-19-18-20-23-27/h18-20,22-23H,4-17,21,24-26H2,1-3H3/q+1. The van der Waals surface area contributed by atoms with Gasteiger partial charge in [-0.3, -0.25) is 0 Å². The van der Waals surface area contributed by atoms with E-state index >= 15 is 0 Å². The molecule has 0 unspecified atom stereocenters. The first-order valence-electron chi connectivity index (χ1n) is 13.1. The molecule has 1 rings (SSSR count). The quantitative estimate of drug-likeness (QED) is 0.119. The van der Waals surface area contributed by atoms with Crippen molar-refractivity contribution in [2.24, 2.45) is 0 Å². The van der Waals surface area contributed by atoms with Gasteiger partial charge in [-0.05, 0) is 25.0 Å². The molecule has 31 heavy (non-hydrogen) atoms. The van der Waals surface area contributed by atoms with Gasteiger partial charge in [-0.1, -0.05) is 109 Å². The maximum atomic E-state index is 12.0. The van der Waals surface area contributed by atoms with E-state index in [0.717, 1.165) is 17.6 Å². The molecular weight excluding hydrogens is 382 g/mol. The van der Waals surface area contributed by atoms with Crippen LogP contribution in [0.15, 0.2) is 30.3 Å². The van der Waals surface area contributed by atoms with Gasteiger partial charge in [0.05, 0.1) is 26.2 Å². The van der Waals surface area contributed by atoms with Crippen LogP contribution in [0.25, 0.3) is 0 Å². The van der Waals surface area contributed by atoms with Crippen molar-refractivity contribution in [1.82, 2.24) is 0 Å². The first kappa shape index (κ1) is 27.7. The number of quaternary nitrogens is 1. The van der Waals surface area contributed by atoms with E-state index in [9.17, 15) is 4.79 Å². The number of hydrogen-bond acceptors (Lipinski definition) is 2. The highest BCUT2D eigenvalue weighted by atomic mass is 16.5. The van der Waals surface area contributed by atoms with Gasteiger partial charge in [0.1, 0.15) is 13.2 Å². The van der Waals surface area contributed by atoms with Crippen molar-refractivity contribution >= 4 is 5.97 Å². The summed E-state index contributed by atoms with van der Waals surface area (Å²) in [5, 5.41) is 0. The maximum absolute atomic E-state index is 12.0. The van der Waals surface area contributed by atoms with Gasteiger partial charge in [0.2, 0.25) is 0 Å². The molecule has 0 heterocycles. The summed E-state index contributed by atoms with van der Waals surface area (Å²) in [5.41, 5.74) is 0.634. The van der Waals surface area contributed by atoms with E-state index in [1.54, 1.807) is 12.1 Å². The van der Waals surface area contributed by atoms with Crippen molar-refractivity contribution in [3.63, 3.8) is 0 Å². The molecule has 178 valence electrons. The van der Waals surface area contributed by atoms with Crippen LogP contribution < -0.4 is 0 Å².